The van der Waals surface area contributed by atoms with E-state index < -0.39 is 0 Å². The average molecular weight is 635 g/mol. The van der Waals surface area contributed by atoms with Crippen molar-refractivity contribution in [3.05, 3.63) is 127 Å². The number of carbonyl (C=O) groups is 2. The fraction of sp³-hybridized carbons (Fsp3) is 0.0833. The van der Waals surface area contributed by atoms with E-state index in [9.17, 15) is 14.9 Å². The number of hydrogen-bond donors (Lipinski definition) is 3. The minimum absolute atomic E-state index is 0.203. The van der Waals surface area contributed by atoms with E-state index in [2.05, 4.69) is 42.1 Å². The molecule has 0 saturated heterocycles. The third kappa shape index (κ3) is 7.32. The topological polar surface area (TPSA) is 154 Å². The number of hydrogen-bond acceptors (Lipinski definition) is 8. The van der Waals surface area contributed by atoms with Crippen molar-refractivity contribution in [2.75, 3.05) is 15.5 Å². The van der Waals surface area contributed by atoms with Gasteiger partial charge in [-0.3, -0.25) is 9.48 Å². The molecule has 3 aromatic carbocycles. The molecule has 3 aromatic heterocycles. The summed E-state index contributed by atoms with van der Waals surface area (Å²) in [6, 6.07) is 29.4. The van der Waals surface area contributed by atoms with Crippen molar-refractivity contribution in [3.8, 4) is 28.5 Å². The van der Waals surface area contributed by atoms with Crippen molar-refractivity contribution in [2.24, 2.45) is 7.05 Å². The van der Waals surface area contributed by atoms with Gasteiger partial charge in [0.15, 0.2) is 0 Å². The highest BCUT2D eigenvalue weighted by Crippen LogP contribution is 2.29. The minimum Gasteiger partial charge on any atom is -0.333 e. The number of rotatable bonds is 9. The summed E-state index contributed by atoms with van der Waals surface area (Å²) in [6.07, 6.45) is 6.82. The molecule has 48 heavy (non-hydrogen) atoms. The van der Waals surface area contributed by atoms with Crippen LogP contribution >= 0.6 is 0 Å². The molecule has 0 bridgehead atoms. The van der Waals surface area contributed by atoms with Crippen LogP contribution in [0.2, 0.25) is 0 Å². The van der Waals surface area contributed by atoms with Crippen molar-refractivity contribution in [1.82, 2.24) is 30.0 Å². The quantitative estimate of drug-likeness (QED) is 0.162. The van der Waals surface area contributed by atoms with Gasteiger partial charge >= 0.3 is 6.03 Å². The lowest BCUT2D eigenvalue weighted by atomic mass is 10.1. The normalized spacial score (nSPS) is 10.5. The molecule has 0 aliphatic heterocycles. The van der Waals surface area contributed by atoms with Crippen LogP contribution in [0.3, 0.4) is 0 Å². The zero-order valence-electron chi connectivity index (χ0n) is 26.1. The first-order valence-corrected chi connectivity index (χ1v) is 15.0. The highest BCUT2D eigenvalue weighted by molar-refractivity contribution is 5.98. The second-order valence-corrected chi connectivity index (χ2v) is 10.8. The van der Waals surface area contributed by atoms with Crippen LogP contribution in [0.1, 0.15) is 18.1 Å². The second kappa shape index (κ2) is 14.1. The number of benzene rings is 3. The van der Waals surface area contributed by atoms with E-state index in [-0.39, 0.29) is 23.5 Å². The maximum Gasteiger partial charge on any atom is 0.327 e. The Morgan fingerprint density at radius 2 is 1.67 bits per heavy atom. The van der Waals surface area contributed by atoms with Crippen molar-refractivity contribution in [3.63, 3.8) is 0 Å². The van der Waals surface area contributed by atoms with Crippen LogP contribution in [0, 0.1) is 11.3 Å². The van der Waals surface area contributed by atoms with Gasteiger partial charge in [-0.1, -0.05) is 42.5 Å². The molecule has 0 unspecified atom stereocenters. The van der Waals surface area contributed by atoms with Gasteiger partial charge in [-0.25, -0.2) is 24.6 Å². The SMILES string of the molecule is CC(=O)Nc1cccc(-c2nc(Nc3ccc(N(C(=O)NCc4ccccc4)c4ccc(-c5cnn(C)c5)cn4)cc3)ncc2C#N)c1. The van der Waals surface area contributed by atoms with Crippen LogP contribution in [0.4, 0.5) is 33.6 Å². The Bertz CT molecular complexity index is 2100. The number of anilines is 5. The van der Waals surface area contributed by atoms with Gasteiger partial charge < -0.3 is 16.0 Å². The number of urea groups is 1. The van der Waals surface area contributed by atoms with Gasteiger partial charge in [0.2, 0.25) is 11.9 Å². The summed E-state index contributed by atoms with van der Waals surface area (Å²) in [5, 5.41) is 22.9. The lowest BCUT2D eigenvalue weighted by Crippen LogP contribution is -2.37. The van der Waals surface area contributed by atoms with E-state index in [0.29, 0.717) is 40.7 Å². The third-order valence-corrected chi connectivity index (χ3v) is 7.25. The molecule has 3 amide bonds. The molecule has 0 saturated carbocycles. The highest BCUT2D eigenvalue weighted by Gasteiger charge is 2.20. The van der Waals surface area contributed by atoms with Crippen LogP contribution in [0.5, 0.6) is 0 Å². The number of nitriles is 1. The summed E-state index contributed by atoms with van der Waals surface area (Å²) in [5.41, 5.74) is 5.95. The first kappa shape index (κ1) is 31.1. The van der Waals surface area contributed by atoms with E-state index in [0.717, 1.165) is 16.7 Å². The van der Waals surface area contributed by atoms with E-state index in [1.807, 2.05) is 55.7 Å². The molecule has 3 heterocycles. The summed E-state index contributed by atoms with van der Waals surface area (Å²) in [6.45, 7) is 1.77. The van der Waals surface area contributed by atoms with Gasteiger partial charge in [-0.05, 0) is 54.1 Å². The summed E-state index contributed by atoms with van der Waals surface area (Å²) < 4.78 is 1.72. The van der Waals surface area contributed by atoms with Gasteiger partial charge in [-0.2, -0.15) is 10.4 Å². The Morgan fingerprint density at radius 3 is 2.35 bits per heavy atom. The molecular formula is C36H30N10O2. The first-order chi connectivity index (χ1) is 23.4. The molecular weight excluding hydrogens is 604 g/mol. The summed E-state index contributed by atoms with van der Waals surface area (Å²) in [7, 11) is 1.85. The molecule has 12 nitrogen and oxygen atoms in total. The zero-order valence-corrected chi connectivity index (χ0v) is 26.1. The maximum atomic E-state index is 13.6. The predicted molar refractivity (Wildman–Crippen MR) is 183 cm³/mol. The Balaban J connectivity index is 1.26. The molecule has 3 N–H and O–H groups in total. The van der Waals surface area contributed by atoms with Crippen molar-refractivity contribution >= 4 is 40.8 Å². The molecule has 6 rings (SSSR count). The Kier molecular flexibility index (Phi) is 9.11. The smallest absolute Gasteiger partial charge is 0.327 e. The van der Waals surface area contributed by atoms with E-state index in [1.54, 1.807) is 65.6 Å². The van der Waals surface area contributed by atoms with E-state index in [1.165, 1.54) is 18.0 Å². The average Bonchev–Trinajstić information content (AvgIpc) is 3.55. The zero-order chi connectivity index (χ0) is 33.5. The number of nitrogens with zero attached hydrogens (tertiary/aromatic N) is 7. The van der Waals surface area contributed by atoms with E-state index in [4.69, 9.17) is 0 Å². The number of nitrogens with one attached hydrogen (secondary N) is 3. The molecule has 6 aromatic rings. The number of aryl methyl sites for hydroxylation is 1. The molecule has 0 atom stereocenters. The predicted octanol–water partition coefficient (Wildman–Crippen LogP) is 6.56. The fourth-order valence-electron chi connectivity index (χ4n) is 4.98. The lowest BCUT2D eigenvalue weighted by molar-refractivity contribution is -0.114. The lowest BCUT2D eigenvalue weighted by Gasteiger charge is -2.23. The first-order valence-electron chi connectivity index (χ1n) is 15.0. The third-order valence-electron chi connectivity index (χ3n) is 7.25. The van der Waals surface area contributed by atoms with Crippen molar-refractivity contribution < 1.29 is 9.59 Å². The van der Waals surface area contributed by atoms with Gasteiger partial charge in [-0.15, -0.1) is 0 Å². The van der Waals surface area contributed by atoms with Crippen LogP contribution in [-0.2, 0) is 18.4 Å². The van der Waals surface area contributed by atoms with Crippen LogP contribution < -0.4 is 20.9 Å². The minimum atomic E-state index is -0.345. The van der Waals surface area contributed by atoms with Gasteiger partial charge in [0.1, 0.15) is 11.9 Å². The van der Waals surface area contributed by atoms with Crippen LogP contribution in [-0.4, -0.2) is 36.7 Å². The van der Waals surface area contributed by atoms with Gasteiger partial charge in [0.25, 0.3) is 0 Å². The van der Waals surface area contributed by atoms with Crippen LogP contribution in [0.15, 0.2) is 116 Å². The van der Waals surface area contributed by atoms with Crippen molar-refractivity contribution in [1.29, 1.82) is 5.26 Å². The Labute approximate surface area is 276 Å². The Hall–Kier alpha value is -6.87. The number of pyridine rings is 1. The highest BCUT2D eigenvalue weighted by atomic mass is 16.2. The number of amides is 3. The van der Waals surface area contributed by atoms with E-state index >= 15 is 0 Å². The Morgan fingerprint density at radius 1 is 0.854 bits per heavy atom. The number of aromatic nitrogens is 5. The molecule has 236 valence electrons. The molecule has 0 aliphatic rings. The summed E-state index contributed by atoms with van der Waals surface area (Å²) >= 11 is 0. The molecule has 0 aliphatic carbocycles. The largest absolute Gasteiger partial charge is 0.333 e. The standard InChI is InChI=1S/C36H30N10O2/c1-24(47)42-31-10-6-9-26(17-31)34-28(18-37)21-39-35(44-34)43-30-12-14-32(15-13-30)46(36(48)40-19-25-7-4-3-5-8-25)33-16-11-27(20-38-33)29-22-41-45(2)23-29/h3-17,20-23H,19H2,1-2H3,(H,40,48)(H,42,47)(H,39,43,44). The monoisotopic (exact) mass is 634 g/mol. The molecule has 0 spiro atoms. The second-order valence-electron chi connectivity index (χ2n) is 10.8. The van der Waals surface area contributed by atoms with Gasteiger partial charge in [0.05, 0.1) is 29.3 Å². The van der Waals surface area contributed by atoms with Crippen LogP contribution in [0.25, 0.3) is 22.4 Å². The van der Waals surface area contributed by atoms with Gasteiger partial charge in [0, 0.05) is 61.0 Å². The molecule has 12 heteroatoms. The summed E-state index contributed by atoms with van der Waals surface area (Å²) in [5.74, 6) is 0.508. The maximum absolute atomic E-state index is 13.6. The molecule has 0 radical (unpaired) electrons. The number of carbonyl (C=O) groups excluding carboxylic acids is 2. The summed E-state index contributed by atoms with van der Waals surface area (Å²) in [4.78, 5) is 40.3. The van der Waals surface area contributed by atoms with Crippen molar-refractivity contribution in [2.45, 2.75) is 13.5 Å². The molecule has 0 fully saturated rings. The fourth-order valence-corrected chi connectivity index (χ4v) is 4.98.